The number of rotatable bonds is 2. The standard InChI is InChI=1S/C25H23BrN4O/c1-15-21-8-7-20-22(16-9-11-27-12-10-16)29-30(19-5-3-18(26)4-6-19)24(20)25(21,2)13-17-14-28-31-23(15)17/h3-6,9-12,14-15,21H,7-8,13H2,1-2H3/t15-,21-,25-/m1/s1. The predicted octanol–water partition coefficient (Wildman–Crippen LogP) is 5.86. The average Bonchev–Trinajstić information content (AvgIpc) is 3.40. The van der Waals surface area contributed by atoms with Gasteiger partial charge in [-0.05, 0) is 61.6 Å². The summed E-state index contributed by atoms with van der Waals surface area (Å²) in [5.41, 5.74) is 7.16. The zero-order valence-electron chi connectivity index (χ0n) is 17.5. The molecule has 2 aliphatic rings. The zero-order valence-corrected chi connectivity index (χ0v) is 19.1. The molecule has 0 bridgehead atoms. The Kier molecular flexibility index (Phi) is 4.22. The normalized spacial score (nSPS) is 24.4. The molecule has 6 rings (SSSR count). The smallest absolute Gasteiger partial charge is 0.143 e. The molecule has 0 amide bonds. The third-order valence-electron chi connectivity index (χ3n) is 7.32. The van der Waals surface area contributed by atoms with E-state index in [9.17, 15) is 0 Å². The maximum absolute atomic E-state index is 5.67. The van der Waals surface area contributed by atoms with E-state index < -0.39 is 0 Å². The van der Waals surface area contributed by atoms with Crippen LogP contribution in [0.3, 0.4) is 0 Å². The maximum Gasteiger partial charge on any atom is 0.143 e. The molecule has 0 aliphatic heterocycles. The van der Waals surface area contributed by atoms with Gasteiger partial charge in [0.2, 0.25) is 0 Å². The fourth-order valence-corrected chi connectivity index (χ4v) is 6.22. The van der Waals surface area contributed by atoms with Gasteiger partial charge in [-0.1, -0.05) is 34.9 Å². The second kappa shape index (κ2) is 6.89. The van der Waals surface area contributed by atoms with Crippen molar-refractivity contribution in [2.45, 2.75) is 44.4 Å². The predicted molar refractivity (Wildman–Crippen MR) is 122 cm³/mol. The van der Waals surface area contributed by atoms with Crippen LogP contribution in [0.2, 0.25) is 0 Å². The minimum atomic E-state index is -0.0447. The first-order valence-electron chi connectivity index (χ1n) is 10.8. The Hall–Kier alpha value is -2.73. The van der Waals surface area contributed by atoms with Crippen LogP contribution in [0, 0.1) is 5.92 Å². The lowest BCUT2D eigenvalue weighted by Gasteiger charge is -2.47. The van der Waals surface area contributed by atoms with E-state index in [-0.39, 0.29) is 5.41 Å². The highest BCUT2D eigenvalue weighted by Crippen LogP contribution is 2.55. The number of fused-ring (bicyclic) bond motifs is 4. The molecule has 1 aromatic carbocycles. The molecular formula is C25H23BrN4O. The average molecular weight is 475 g/mol. The van der Waals surface area contributed by atoms with Crippen molar-refractivity contribution in [1.29, 1.82) is 0 Å². The molecule has 0 N–H and O–H groups in total. The van der Waals surface area contributed by atoms with Crippen molar-refractivity contribution in [2.75, 3.05) is 0 Å². The highest BCUT2D eigenvalue weighted by Gasteiger charge is 2.51. The Morgan fingerprint density at radius 3 is 2.68 bits per heavy atom. The Morgan fingerprint density at radius 2 is 1.90 bits per heavy atom. The largest absolute Gasteiger partial charge is 0.361 e. The Labute approximate surface area is 189 Å². The summed E-state index contributed by atoms with van der Waals surface area (Å²) in [5, 5.41) is 9.33. The van der Waals surface area contributed by atoms with E-state index >= 15 is 0 Å². The topological polar surface area (TPSA) is 56.7 Å². The van der Waals surface area contributed by atoms with Gasteiger partial charge in [0.05, 0.1) is 23.3 Å². The van der Waals surface area contributed by atoms with Gasteiger partial charge in [-0.15, -0.1) is 0 Å². The summed E-state index contributed by atoms with van der Waals surface area (Å²) < 4.78 is 8.92. The molecule has 0 saturated carbocycles. The van der Waals surface area contributed by atoms with Crippen molar-refractivity contribution in [2.24, 2.45) is 5.92 Å². The van der Waals surface area contributed by atoms with E-state index in [0.29, 0.717) is 11.8 Å². The van der Waals surface area contributed by atoms with Crippen molar-refractivity contribution in [3.63, 3.8) is 0 Å². The monoisotopic (exact) mass is 474 g/mol. The molecule has 4 aromatic rings. The molecule has 5 nitrogen and oxygen atoms in total. The third-order valence-corrected chi connectivity index (χ3v) is 7.85. The molecule has 3 atom stereocenters. The first-order valence-corrected chi connectivity index (χ1v) is 11.6. The van der Waals surface area contributed by atoms with Crippen molar-refractivity contribution >= 4 is 15.9 Å². The van der Waals surface area contributed by atoms with Gasteiger partial charge in [0.25, 0.3) is 0 Å². The summed E-state index contributed by atoms with van der Waals surface area (Å²) in [6.07, 6.45) is 8.66. The van der Waals surface area contributed by atoms with E-state index in [2.05, 4.69) is 81.0 Å². The second-order valence-electron chi connectivity index (χ2n) is 9.04. The molecule has 0 saturated heterocycles. The number of halogens is 1. The molecular weight excluding hydrogens is 452 g/mol. The Balaban J connectivity index is 1.61. The van der Waals surface area contributed by atoms with Crippen LogP contribution >= 0.6 is 15.9 Å². The summed E-state index contributed by atoms with van der Waals surface area (Å²) >= 11 is 3.57. The first-order chi connectivity index (χ1) is 15.1. The number of hydrogen-bond acceptors (Lipinski definition) is 4. The highest BCUT2D eigenvalue weighted by atomic mass is 79.9. The summed E-state index contributed by atoms with van der Waals surface area (Å²) in [4.78, 5) is 4.21. The van der Waals surface area contributed by atoms with Crippen molar-refractivity contribution in [3.05, 3.63) is 82.0 Å². The second-order valence-corrected chi connectivity index (χ2v) is 9.96. The van der Waals surface area contributed by atoms with Crippen molar-refractivity contribution < 1.29 is 4.52 Å². The SMILES string of the molecule is C[C@H]1c2oncc2C[C@@]2(C)c3c(c(-c4ccncc4)nn3-c3ccc(Br)cc3)CC[C@H]12. The molecule has 156 valence electrons. The molecule has 0 radical (unpaired) electrons. The van der Waals surface area contributed by atoms with Crippen LogP contribution in [0.25, 0.3) is 16.9 Å². The van der Waals surface area contributed by atoms with Gasteiger partial charge in [0.15, 0.2) is 0 Å². The van der Waals surface area contributed by atoms with Gasteiger partial charge >= 0.3 is 0 Å². The molecule has 3 aromatic heterocycles. The van der Waals surface area contributed by atoms with Crippen LogP contribution in [0.5, 0.6) is 0 Å². The van der Waals surface area contributed by atoms with Crippen molar-refractivity contribution in [1.82, 2.24) is 19.9 Å². The minimum absolute atomic E-state index is 0.0447. The lowest BCUT2D eigenvalue weighted by atomic mass is 9.56. The van der Waals surface area contributed by atoms with Gasteiger partial charge in [-0.2, -0.15) is 5.10 Å². The van der Waals surface area contributed by atoms with Gasteiger partial charge < -0.3 is 4.52 Å². The maximum atomic E-state index is 5.67. The number of hydrogen-bond donors (Lipinski definition) is 0. The van der Waals surface area contributed by atoms with E-state index in [1.165, 1.54) is 16.8 Å². The molecule has 0 unspecified atom stereocenters. The third kappa shape index (κ3) is 2.77. The van der Waals surface area contributed by atoms with Crippen LogP contribution in [0.1, 0.15) is 48.8 Å². The molecule has 2 aliphatic carbocycles. The molecule has 0 fully saturated rings. The van der Waals surface area contributed by atoms with E-state index in [0.717, 1.165) is 46.4 Å². The quantitative estimate of drug-likeness (QED) is 0.364. The summed E-state index contributed by atoms with van der Waals surface area (Å²) in [6.45, 7) is 4.71. The molecule has 31 heavy (non-hydrogen) atoms. The first kappa shape index (κ1) is 19.0. The molecule has 6 heteroatoms. The number of benzene rings is 1. The summed E-state index contributed by atoms with van der Waals surface area (Å²) in [5.74, 6) is 1.88. The minimum Gasteiger partial charge on any atom is -0.361 e. The fraction of sp³-hybridized carbons (Fsp3) is 0.320. The van der Waals surface area contributed by atoms with Crippen LogP contribution < -0.4 is 0 Å². The fourth-order valence-electron chi connectivity index (χ4n) is 5.95. The number of nitrogens with zero attached hydrogens (tertiary/aromatic N) is 4. The lowest BCUT2D eigenvalue weighted by Crippen LogP contribution is -2.45. The van der Waals surface area contributed by atoms with Gasteiger partial charge in [-0.25, -0.2) is 4.68 Å². The van der Waals surface area contributed by atoms with E-state index in [1.807, 2.05) is 18.6 Å². The molecule has 0 spiro atoms. The van der Waals surface area contributed by atoms with E-state index in [4.69, 9.17) is 9.62 Å². The van der Waals surface area contributed by atoms with Crippen molar-refractivity contribution in [3.8, 4) is 16.9 Å². The number of pyridine rings is 1. The van der Waals surface area contributed by atoms with Gasteiger partial charge in [0.1, 0.15) is 5.76 Å². The Morgan fingerprint density at radius 1 is 1.13 bits per heavy atom. The highest BCUT2D eigenvalue weighted by molar-refractivity contribution is 9.10. The van der Waals surface area contributed by atoms with E-state index in [1.54, 1.807) is 0 Å². The van der Waals surface area contributed by atoms with Crippen LogP contribution in [0.15, 0.2) is 64.0 Å². The molecule has 3 heterocycles. The van der Waals surface area contributed by atoms with Gasteiger partial charge in [-0.3, -0.25) is 4.98 Å². The van der Waals surface area contributed by atoms with Gasteiger partial charge in [0, 0.05) is 44.9 Å². The zero-order chi connectivity index (χ0) is 21.2. The Bertz CT molecular complexity index is 1260. The number of aromatic nitrogens is 4. The van der Waals surface area contributed by atoms with Crippen LogP contribution in [0.4, 0.5) is 0 Å². The summed E-state index contributed by atoms with van der Waals surface area (Å²) in [6, 6.07) is 12.6. The van der Waals surface area contributed by atoms with Crippen LogP contribution in [-0.2, 0) is 18.3 Å². The summed E-state index contributed by atoms with van der Waals surface area (Å²) in [7, 11) is 0. The van der Waals surface area contributed by atoms with Crippen LogP contribution in [-0.4, -0.2) is 19.9 Å². The lowest BCUT2D eigenvalue weighted by molar-refractivity contribution is 0.170.